The van der Waals surface area contributed by atoms with Crippen LogP contribution in [0.25, 0.3) is 0 Å². The molecule has 0 saturated heterocycles. The van der Waals surface area contributed by atoms with Crippen LogP contribution in [0.4, 0.5) is 0 Å². The molecule has 0 radical (unpaired) electrons. The van der Waals surface area contributed by atoms with Crippen LogP contribution < -0.4 is 0 Å². The molecule has 0 aliphatic heterocycles. The molecule has 1 aromatic heterocycles. The van der Waals surface area contributed by atoms with Crippen molar-refractivity contribution in [2.45, 2.75) is 26.3 Å². The van der Waals surface area contributed by atoms with E-state index >= 15 is 0 Å². The van der Waals surface area contributed by atoms with Gasteiger partial charge < -0.3 is 0 Å². The van der Waals surface area contributed by atoms with Gasteiger partial charge in [-0.3, -0.25) is 9.48 Å². The highest BCUT2D eigenvalue weighted by atomic mass is 35.5. The van der Waals surface area contributed by atoms with Crippen LogP contribution in [0.2, 0.25) is 5.02 Å². The number of hydrogen-bond acceptors (Lipinski definition) is 2. The zero-order chi connectivity index (χ0) is 13.1. The standard InChI is InChI=1S/C14H15ClN2O/c1-10(2)14-12(9-18)8-17(16-14)7-11-3-5-13(15)6-4-11/h3-6,8-10H,7H2,1-2H3. The molecule has 2 aromatic rings. The van der Waals surface area contributed by atoms with Crippen molar-refractivity contribution in [1.82, 2.24) is 9.78 Å². The first-order chi connectivity index (χ1) is 8.60. The smallest absolute Gasteiger partial charge is 0.153 e. The van der Waals surface area contributed by atoms with Crippen molar-refractivity contribution in [2.24, 2.45) is 0 Å². The third-order valence-electron chi connectivity index (χ3n) is 2.75. The molecule has 0 bridgehead atoms. The number of rotatable bonds is 4. The predicted octanol–water partition coefficient (Wildman–Crippen LogP) is 3.52. The molecule has 3 nitrogen and oxygen atoms in total. The van der Waals surface area contributed by atoms with Crippen LogP contribution in [0.15, 0.2) is 30.5 Å². The van der Waals surface area contributed by atoms with Gasteiger partial charge in [0, 0.05) is 11.2 Å². The quantitative estimate of drug-likeness (QED) is 0.790. The van der Waals surface area contributed by atoms with Crippen molar-refractivity contribution in [3.05, 3.63) is 52.3 Å². The number of benzene rings is 1. The molecule has 1 heterocycles. The lowest BCUT2D eigenvalue weighted by atomic mass is 10.1. The van der Waals surface area contributed by atoms with Gasteiger partial charge in [-0.25, -0.2) is 0 Å². The summed E-state index contributed by atoms with van der Waals surface area (Å²) in [5.74, 6) is 0.247. The van der Waals surface area contributed by atoms with Crippen molar-refractivity contribution < 1.29 is 4.79 Å². The maximum absolute atomic E-state index is 11.0. The number of aldehydes is 1. The maximum atomic E-state index is 11.0. The highest BCUT2D eigenvalue weighted by molar-refractivity contribution is 6.30. The number of nitrogens with zero attached hydrogens (tertiary/aromatic N) is 2. The van der Waals surface area contributed by atoms with Crippen molar-refractivity contribution in [1.29, 1.82) is 0 Å². The summed E-state index contributed by atoms with van der Waals surface area (Å²) in [4.78, 5) is 11.0. The van der Waals surface area contributed by atoms with Crippen LogP contribution in [0.3, 0.4) is 0 Å². The summed E-state index contributed by atoms with van der Waals surface area (Å²) in [6.07, 6.45) is 2.65. The molecule has 94 valence electrons. The molecule has 0 unspecified atom stereocenters. The van der Waals surface area contributed by atoms with Gasteiger partial charge in [0.2, 0.25) is 0 Å². The van der Waals surface area contributed by atoms with E-state index in [2.05, 4.69) is 5.10 Å². The van der Waals surface area contributed by atoms with Gasteiger partial charge in [0.15, 0.2) is 6.29 Å². The van der Waals surface area contributed by atoms with E-state index < -0.39 is 0 Å². The van der Waals surface area contributed by atoms with Crippen LogP contribution in [-0.2, 0) is 6.54 Å². The Labute approximate surface area is 111 Å². The molecule has 0 N–H and O–H groups in total. The lowest BCUT2D eigenvalue weighted by Gasteiger charge is -2.03. The Bertz CT molecular complexity index is 543. The summed E-state index contributed by atoms with van der Waals surface area (Å²) in [5, 5.41) is 5.17. The van der Waals surface area contributed by atoms with E-state index in [0.717, 1.165) is 22.6 Å². The molecular weight excluding hydrogens is 248 g/mol. The Morgan fingerprint density at radius 3 is 2.50 bits per heavy atom. The van der Waals surface area contributed by atoms with Crippen LogP contribution in [0, 0.1) is 0 Å². The van der Waals surface area contributed by atoms with Gasteiger partial charge in [-0.2, -0.15) is 5.10 Å². The number of carbonyl (C=O) groups is 1. The van der Waals surface area contributed by atoms with Gasteiger partial charge in [-0.05, 0) is 23.6 Å². The fourth-order valence-corrected chi connectivity index (χ4v) is 1.98. The fourth-order valence-electron chi connectivity index (χ4n) is 1.85. The molecular formula is C14H15ClN2O. The largest absolute Gasteiger partial charge is 0.298 e. The number of aromatic nitrogens is 2. The lowest BCUT2D eigenvalue weighted by molar-refractivity contribution is 0.112. The molecule has 1 aromatic carbocycles. The second-order valence-corrected chi connectivity index (χ2v) is 5.00. The maximum Gasteiger partial charge on any atom is 0.153 e. The lowest BCUT2D eigenvalue weighted by Crippen LogP contribution is -2.01. The average molecular weight is 263 g/mol. The van der Waals surface area contributed by atoms with Crippen LogP contribution in [0.1, 0.15) is 41.4 Å². The summed E-state index contributed by atoms with van der Waals surface area (Å²) in [5.41, 5.74) is 2.62. The minimum absolute atomic E-state index is 0.247. The van der Waals surface area contributed by atoms with Crippen LogP contribution in [-0.4, -0.2) is 16.1 Å². The van der Waals surface area contributed by atoms with Crippen molar-refractivity contribution in [3.63, 3.8) is 0 Å². The molecule has 2 rings (SSSR count). The molecule has 0 saturated carbocycles. The minimum Gasteiger partial charge on any atom is -0.298 e. The summed E-state index contributed by atoms with van der Waals surface area (Å²) in [6.45, 7) is 4.70. The van der Waals surface area contributed by atoms with E-state index in [9.17, 15) is 4.79 Å². The summed E-state index contributed by atoms with van der Waals surface area (Å²) >= 11 is 5.84. The third kappa shape index (κ3) is 2.79. The van der Waals surface area contributed by atoms with E-state index in [-0.39, 0.29) is 5.92 Å². The SMILES string of the molecule is CC(C)c1nn(Cc2ccc(Cl)cc2)cc1C=O. The van der Waals surface area contributed by atoms with Gasteiger partial charge in [0.05, 0.1) is 17.8 Å². The molecule has 0 aliphatic rings. The summed E-state index contributed by atoms with van der Waals surface area (Å²) < 4.78 is 1.79. The second-order valence-electron chi connectivity index (χ2n) is 4.57. The van der Waals surface area contributed by atoms with Crippen LogP contribution >= 0.6 is 11.6 Å². The molecule has 4 heteroatoms. The summed E-state index contributed by atoms with van der Waals surface area (Å²) in [6, 6.07) is 7.62. The van der Waals surface area contributed by atoms with Crippen molar-refractivity contribution >= 4 is 17.9 Å². The molecule has 0 amide bonds. The van der Waals surface area contributed by atoms with Gasteiger partial charge in [0.25, 0.3) is 0 Å². The third-order valence-corrected chi connectivity index (χ3v) is 3.00. The Balaban J connectivity index is 2.24. The van der Waals surface area contributed by atoms with E-state index in [1.54, 1.807) is 10.9 Å². The minimum atomic E-state index is 0.247. The van der Waals surface area contributed by atoms with E-state index in [1.807, 2.05) is 38.1 Å². The Kier molecular flexibility index (Phi) is 3.82. The van der Waals surface area contributed by atoms with Gasteiger partial charge in [-0.15, -0.1) is 0 Å². The Hall–Kier alpha value is -1.61. The highest BCUT2D eigenvalue weighted by Gasteiger charge is 2.11. The summed E-state index contributed by atoms with van der Waals surface area (Å²) in [7, 11) is 0. The number of hydrogen-bond donors (Lipinski definition) is 0. The highest BCUT2D eigenvalue weighted by Crippen LogP contribution is 2.17. The first-order valence-corrected chi connectivity index (χ1v) is 6.25. The van der Waals surface area contributed by atoms with Gasteiger partial charge >= 0.3 is 0 Å². The fraction of sp³-hybridized carbons (Fsp3) is 0.286. The zero-order valence-corrected chi connectivity index (χ0v) is 11.2. The van der Waals surface area contributed by atoms with Crippen molar-refractivity contribution in [3.8, 4) is 0 Å². The van der Waals surface area contributed by atoms with E-state index in [0.29, 0.717) is 12.1 Å². The predicted molar refractivity (Wildman–Crippen MR) is 72.3 cm³/mol. The zero-order valence-electron chi connectivity index (χ0n) is 10.4. The Morgan fingerprint density at radius 2 is 2.00 bits per heavy atom. The van der Waals surface area contributed by atoms with E-state index in [4.69, 9.17) is 11.6 Å². The van der Waals surface area contributed by atoms with E-state index in [1.165, 1.54) is 0 Å². The second kappa shape index (κ2) is 5.36. The normalized spacial score (nSPS) is 10.9. The number of carbonyl (C=O) groups excluding carboxylic acids is 1. The first-order valence-electron chi connectivity index (χ1n) is 5.87. The topological polar surface area (TPSA) is 34.9 Å². The first kappa shape index (κ1) is 12.8. The molecule has 0 atom stereocenters. The number of halogens is 1. The molecule has 18 heavy (non-hydrogen) atoms. The van der Waals surface area contributed by atoms with Gasteiger partial charge in [-0.1, -0.05) is 37.6 Å². The molecule has 0 spiro atoms. The van der Waals surface area contributed by atoms with Crippen LogP contribution in [0.5, 0.6) is 0 Å². The monoisotopic (exact) mass is 262 g/mol. The Morgan fingerprint density at radius 1 is 1.33 bits per heavy atom. The molecule has 0 aliphatic carbocycles. The average Bonchev–Trinajstić information content (AvgIpc) is 2.75. The molecule has 0 fully saturated rings. The van der Waals surface area contributed by atoms with Gasteiger partial charge in [0.1, 0.15) is 0 Å². The van der Waals surface area contributed by atoms with Crippen molar-refractivity contribution in [2.75, 3.05) is 0 Å².